The molecular weight excluding hydrogens is 309 g/mol. The summed E-state index contributed by atoms with van der Waals surface area (Å²) in [6.45, 7) is 1.63. The van der Waals surface area contributed by atoms with Crippen LogP contribution < -0.4 is 62.0 Å². The first kappa shape index (κ1) is 18.1. The summed E-state index contributed by atoms with van der Waals surface area (Å²) in [6.07, 6.45) is 0.355. The molecule has 0 aromatic heterocycles. The molecule has 0 bridgehead atoms. The van der Waals surface area contributed by atoms with Crippen molar-refractivity contribution in [1.29, 1.82) is 0 Å². The van der Waals surface area contributed by atoms with E-state index in [1.807, 2.05) is 0 Å². The molecular formula is C12H13ClKN3O3. The van der Waals surface area contributed by atoms with Gasteiger partial charge in [-0.05, 0) is 18.6 Å². The van der Waals surface area contributed by atoms with Crippen molar-refractivity contribution in [1.82, 2.24) is 10.6 Å². The molecule has 0 radical (unpaired) electrons. The maximum Gasteiger partial charge on any atom is 1.00 e. The molecule has 20 heavy (non-hydrogen) atoms. The summed E-state index contributed by atoms with van der Waals surface area (Å²) in [7, 11) is 1.48. The van der Waals surface area contributed by atoms with Crippen molar-refractivity contribution in [3.05, 3.63) is 62.7 Å². The van der Waals surface area contributed by atoms with Crippen molar-refractivity contribution in [2.24, 2.45) is 0 Å². The summed E-state index contributed by atoms with van der Waals surface area (Å²) in [5.74, 6) is 0. The van der Waals surface area contributed by atoms with Crippen LogP contribution in [0.2, 0.25) is 5.02 Å². The van der Waals surface area contributed by atoms with E-state index in [-0.39, 0.29) is 57.1 Å². The van der Waals surface area contributed by atoms with Crippen molar-refractivity contribution in [2.75, 3.05) is 7.11 Å². The van der Waals surface area contributed by atoms with E-state index in [2.05, 4.69) is 10.6 Å². The van der Waals surface area contributed by atoms with E-state index in [4.69, 9.17) is 16.3 Å². The Morgan fingerprint density at radius 1 is 1.45 bits per heavy atom. The molecule has 0 aliphatic carbocycles. The molecule has 1 unspecified atom stereocenters. The van der Waals surface area contributed by atoms with Gasteiger partial charge in [0.25, 0.3) is 5.70 Å². The molecule has 0 saturated heterocycles. The maximum absolute atomic E-state index is 11.2. The van der Waals surface area contributed by atoms with Crippen molar-refractivity contribution < 1.29 is 61.0 Å². The van der Waals surface area contributed by atoms with Crippen molar-refractivity contribution >= 4 is 11.6 Å². The number of methoxy groups -OCH3 is 1. The molecule has 1 atom stereocenters. The van der Waals surface area contributed by atoms with Crippen molar-refractivity contribution in [2.45, 2.75) is 13.0 Å². The zero-order valence-corrected chi connectivity index (χ0v) is 15.3. The maximum atomic E-state index is 11.2. The van der Waals surface area contributed by atoms with Crippen LogP contribution in [0.1, 0.15) is 18.5 Å². The molecule has 102 valence electrons. The Hall–Kier alpha value is 0.00636. The van der Waals surface area contributed by atoms with Gasteiger partial charge in [0.1, 0.15) is 6.04 Å². The number of rotatable bonds is 3. The Bertz CT molecular complexity index is 538. The van der Waals surface area contributed by atoms with Gasteiger partial charge in [0.15, 0.2) is 0 Å². The van der Waals surface area contributed by atoms with E-state index in [1.54, 1.807) is 31.2 Å². The first-order valence-electron chi connectivity index (χ1n) is 5.58. The minimum Gasteiger partial charge on any atom is -0.515 e. The number of ether oxygens (including phenoxy) is 1. The molecule has 0 amide bonds. The third-order valence-electron chi connectivity index (χ3n) is 2.85. The Kier molecular flexibility index (Phi) is 7.09. The Labute approximate surface area is 164 Å². The third kappa shape index (κ3) is 3.80. The monoisotopic (exact) mass is 321 g/mol. The second kappa shape index (κ2) is 7.86. The predicted molar refractivity (Wildman–Crippen MR) is 70.4 cm³/mol. The summed E-state index contributed by atoms with van der Waals surface area (Å²) in [6, 6.07) is 6.34. The Morgan fingerprint density at radius 2 is 2.10 bits per heavy atom. The van der Waals surface area contributed by atoms with Gasteiger partial charge in [-0.15, -0.1) is 0 Å². The predicted octanol–water partition coefficient (Wildman–Crippen LogP) is -0.821. The van der Waals surface area contributed by atoms with Gasteiger partial charge in [-0.1, -0.05) is 36.2 Å². The van der Waals surface area contributed by atoms with Gasteiger partial charge in [0.05, 0.1) is 10.6 Å². The van der Waals surface area contributed by atoms with E-state index in [0.29, 0.717) is 22.6 Å². The Morgan fingerprint density at radius 3 is 2.65 bits per heavy atom. The SMILES string of the molecule is CO[C-]1NC(C)=C([N+](=O)[O-])C(c2ccccc2Cl)N1.[K+]. The molecule has 6 nitrogen and oxygen atoms in total. The fraction of sp³-hybridized carbons (Fsp3) is 0.250. The molecule has 2 N–H and O–H groups in total. The van der Waals surface area contributed by atoms with Gasteiger partial charge in [-0.25, -0.2) is 0 Å². The fourth-order valence-electron chi connectivity index (χ4n) is 1.97. The number of nitro groups is 1. The van der Waals surface area contributed by atoms with Crippen LogP contribution in [0, 0.1) is 16.5 Å². The molecule has 1 aliphatic rings. The molecule has 2 rings (SSSR count). The normalized spacial score (nSPS) is 19.2. The van der Waals surface area contributed by atoms with E-state index >= 15 is 0 Å². The largest absolute Gasteiger partial charge is 1.00 e. The van der Waals surface area contributed by atoms with Gasteiger partial charge in [0, 0.05) is 12.1 Å². The number of nitrogens with zero attached hydrogens (tertiary/aromatic N) is 1. The van der Waals surface area contributed by atoms with Gasteiger partial charge in [-0.2, -0.15) is 0 Å². The van der Waals surface area contributed by atoms with E-state index in [1.165, 1.54) is 7.11 Å². The van der Waals surface area contributed by atoms with Crippen LogP contribution >= 0.6 is 11.6 Å². The average molecular weight is 322 g/mol. The summed E-state index contributed by atoms with van der Waals surface area (Å²) < 4.78 is 5.08. The quantitative estimate of drug-likeness (QED) is 0.329. The minimum atomic E-state index is -0.653. The molecule has 1 heterocycles. The summed E-state index contributed by atoms with van der Waals surface area (Å²) in [4.78, 5) is 10.8. The van der Waals surface area contributed by atoms with Crippen LogP contribution in [0.3, 0.4) is 0 Å². The van der Waals surface area contributed by atoms with E-state index < -0.39 is 11.0 Å². The second-order valence-corrected chi connectivity index (χ2v) is 4.43. The van der Waals surface area contributed by atoms with Crippen LogP contribution in [-0.4, -0.2) is 12.0 Å². The number of halogens is 1. The molecule has 0 saturated carbocycles. The van der Waals surface area contributed by atoms with Crippen molar-refractivity contribution in [3.8, 4) is 0 Å². The third-order valence-corrected chi connectivity index (χ3v) is 3.20. The van der Waals surface area contributed by atoms with Gasteiger partial charge in [0.2, 0.25) is 0 Å². The van der Waals surface area contributed by atoms with Crippen LogP contribution in [-0.2, 0) is 4.74 Å². The summed E-state index contributed by atoms with van der Waals surface area (Å²) in [5, 5.41) is 17.4. The number of benzene rings is 1. The van der Waals surface area contributed by atoms with Gasteiger partial charge in [-0.3, -0.25) is 10.1 Å². The smallest absolute Gasteiger partial charge is 0.515 e. The van der Waals surface area contributed by atoms with E-state index in [0.717, 1.165) is 0 Å². The molecule has 1 aromatic carbocycles. The number of allylic oxidation sites excluding steroid dienone is 1. The average Bonchev–Trinajstić information content (AvgIpc) is 2.37. The van der Waals surface area contributed by atoms with Gasteiger partial charge < -0.3 is 15.4 Å². The standard InChI is InChI=1S/C12H13ClN3O3.K/c1-7-11(16(17)18)10(15-12(14-7)19-2)8-5-3-4-6-9(8)13;/h3-6,10,14-15H,1-2H3;/q-1;+1. The minimum absolute atomic E-state index is 0. The first-order valence-corrected chi connectivity index (χ1v) is 5.96. The van der Waals surface area contributed by atoms with Crippen LogP contribution in [0.4, 0.5) is 0 Å². The number of hydrogen-bond acceptors (Lipinski definition) is 5. The van der Waals surface area contributed by atoms with Crippen LogP contribution in [0.15, 0.2) is 35.7 Å². The van der Waals surface area contributed by atoms with E-state index in [9.17, 15) is 10.1 Å². The zero-order valence-electron chi connectivity index (χ0n) is 11.4. The first-order chi connectivity index (χ1) is 9.04. The fourth-order valence-corrected chi connectivity index (χ4v) is 2.22. The summed E-state index contributed by atoms with van der Waals surface area (Å²) >= 11 is 6.11. The number of nitrogens with one attached hydrogen (secondary N) is 2. The molecule has 1 aromatic rings. The Balaban J connectivity index is 0.00000200. The molecule has 1 aliphatic heterocycles. The summed E-state index contributed by atoms with van der Waals surface area (Å²) in [5.41, 5.74) is 1.07. The molecule has 8 heteroatoms. The van der Waals surface area contributed by atoms with Gasteiger partial charge >= 0.3 is 51.4 Å². The van der Waals surface area contributed by atoms with Crippen LogP contribution in [0.5, 0.6) is 0 Å². The second-order valence-electron chi connectivity index (χ2n) is 4.02. The van der Waals surface area contributed by atoms with Crippen molar-refractivity contribution in [3.63, 3.8) is 0 Å². The van der Waals surface area contributed by atoms with Crippen LogP contribution in [0.25, 0.3) is 0 Å². The molecule has 0 spiro atoms. The zero-order chi connectivity index (χ0) is 14.0. The molecule has 0 fully saturated rings. The number of hydrogen-bond donors (Lipinski definition) is 2. The topological polar surface area (TPSA) is 76.4 Å².